The summed E-state index contributed by atoms with van der Waals surface area (Å²) < 4.78 is 1.07. The molecule has 0 aliphatic carbocycles. The van der Waals surface area contributed by atoms with Gasteiger partial charge in [-0.25, -0.2) is 0 Å². The maximum atomic E-state index is 11.7. The molecule has 0 spiro atoms. The van der Waals surface area contributed by atoms with Crippen LogP contribution < -0.4 is 10.2 Å². The molecule has 0 bridgehead atoms. The quantitative estimate of drug-likeness (QED) is 0.921. The summed E-state index contributed by atoms with van der Waals surface area (Å²) in [7, 11) is 0. The number of para-hydroxylation sites is 2. The molecule has 0 aromatic heterocycles. The minimum Gasteiger partial charge on any atom is -0.356 e. The molecule has 1 N–H and O–H groups in total. The molecule has 1 amide bonds. The van der Waals surface area contributed by atoms with Crippen LogP contribution >= 0.6 is 15.9 Å². The molecule has 96 valence electrons. The summed E-state index contributed by atoms with van der Waals surface area (Å²) in [6, 6.07) is 16.0. The lowest BCUT2D eigenvalue weighted by atomic mass is 10.1. The first-order chi connectivity index (χ1) is 9.24. The van der Waals surface area contributed by atoms with E-state index in [0.717, 1.165) is 15.8 Å². The van der Waals surface area contributed by atoms with Crippen molar-refractivity contribution in [1.82, 2.24) is 0 Å². The zero-order valence-electron chi connectivity index (χ0n) is 10.3. The molecule has 0 fully saturated rings. The van der Waals surface area contributed by atoms with Gasteiger partial charge in [-0.2, -0.15) is 0 Å². The van der Waals surface area contributed by atoms with Crippen LogP contribution in [0.25, 0.3) is 0 Å². The average molecular weight is 317 g/mol. The van der Waals surface area contributed by atoms with Crippen molar-refractivity contribution in [3.05, 3.63) is 58.6 Å². The molecule has 2 aromatic rings. The molecule has 0 atom stereocenters. The van der Waals surface area contributed by atoms with Crippen LogP contribution in [0.15, 0.2) is 53.0 Å². The van der Waals surface area contributed by atoms with E-state index in [2.05, 4.69) is 32.2 Å². The van der Waals surface area contributed by atoms with E-state index < -0.39 is 0 Å². The topological polar surface area (TPSA) is 32.3 Å². The van der Waals surface area contributed by atoms with Crippen LogP contribution in [0.2, 0.25) is 0 Å². The highest BCUT2D eigenvalue weighted by molar-refractivity contribution is 9.10. The predicted octanol–water partition coefficient (Wildman–Crippen LogP) is 3.41. The van der Waals surface area contributed by atoms with Crippen molar-refractivity contribution in [2.24, 2.45) is 0 Å². The van der Waals surface area contributed by atoms with Crippen molar-refractivity contribution in [2.45, 2.75) is 6.54 Å². The van der Waals surface area contributed by atoms with Gasteiger partial charge in [-0.15, -0.1) is 0 Å². The maximum absolute atomic E-state index is 11.7. The fraction of sp³-hybridized carbons (Fsp3) is 0.133. The summed E-state index contributed by atoms with van der Waals surface area (Å²) in [5.41, 5.74) is 3.12. The van der Waals surface area contributed by atoms with Crippen LogP contribution in [-0.2, 0) is 11.3 Å². The monoisotopic (exact) mass is 316 g/mol. The molecule has 0 radical (unpaired) electrons. The fourth-order valence-corrected chi connectivity index (χ4v) is 2.69. The van der Waals surface area contributed by atoms with Crippen LogP contribution in [0, 0.1) is 0 Å². The van der Waals surface area contributed by atoms with E-state index in [-0.39, 0.29) is 5.91 Å². The minimum absolute atomic E-state index is 0.0331. The molecule has 1 aliphatic rings. The standard InChI is InChI=1S/C15H13BrN2O/c16-12-6-2-1-5-11(12)9-18-10-15(19)17-13-7-3-4-8-14(13)18/h1-8H,9-10H2,(H,17,19). The van der Waals surface area contributed by atoms with Crippen LogP contribution in [0.3, 0.4) is 0 Å². The van der Waals surface area contributed by atoms with Gasteiger partial charge < -0.3 is 10.2 Å². The number of anilines is 2. The summed E-state index contributed by atoms with van der Waals surface area (Å²) in [6.07, 6.45) is 0. The van der Waals surface area contributed by atoms with Crippen molar-refractivity contribution in [1.29, 1.82) is 0 Å². The Balaban J connectivity index is 1.94. The molecule has 1 heterocycles. The first-order valence-electron chi connectivity index (χ1n) is 6.11. The third-order valence-corrected chi connectivity index (χ3v) is 3.95. The third-order valence-electron chi connectivity index (χ3n) is 3.17. The van der Waals surface area contributed by atoms with Gasteiger partial charge in [0.1, 0.15) is 0 Å². The Morgan fingerprint density at radius 1 is 1.11 bits per heavy atom. The van der Waals surface area contributed by atoms with Gasteiger partial charge in [0.2, 0.25) is 5.91 Å². The summed E-state index contributed by atoms with van der Waals surface area (Å²) in [5.74, 6) is 0.0331. The zero-order chi connectivity index (χ0) is 13.2. The molecular formula is C15H13BrN2O. The second-order valence-corrected chi connectivity index (χ2v) is 5.37. The Labute approximate surface area is 120 Å². The summed E-state index contributed by atoms with van der Waals surface area (Å²) in [6.45, 7) is 1.10. The largest absolute Gasteiger partial charge is 0.356 e. The lowest BCUT2D eigenvalue weighted by Gasteiger charge is -2.31. The van der Waals surface area contributed by atoms with Gasteiger partial charge in [0.15, 0.2) is 0 Å². The highest BCUT2D eigenvalue weighted by Gasteiger charge is 2.21. The number of rotatable bonds is 2. The molecule has 4 heteroatoms. The Morgan fingerprint density at radius 2 is 1.84 bits per heavy atom. The average Bonchev–Trinajstić information content (AvgIpc) is 2.41. The molecule has 1 aliphatic heterocycles. The Hall–Kier alpha value is -1.81. The van der Waals surface area contributed by atoms with E-state index in [1.54, 1.807) is 0 Å². The van der Waals surface area contributed by atoms with Crippen molar-refractivity contribution < 1.29 is 4.79 Å². The molecule has 19 heavy (non-hydrogen) atoms. The highest BCUT2D eigenvalue weighted by Crippen LogP contribution is 2.31. The number of benzene rings is 2. The van der Waals surface area contributed by atoms with E-state index in [1.165, 1.54) is 5.56 Å². The molecular weight excluding hydrogens is 304 g/mol. The van der Waals surface area contributed by atoms with Gasteiger partial charge in [0, 0.05) is 11.0 Å². The SMILES string of the molecule is O=C1CN(Cc2ccccc2Br)c2ccccc2N1. The number of nitrogens with one attached hydrogen (secondary N) is 1. The summed E-state index contributed by atoms with van der Waals surface area (Å²) >= 11 is 3.55. The van der Waals surface area contributed by atoms with Crippen molar-refractivity contribution in [3.8, 4) is 0 Å². The van der Waals surface area contributed by atoms with E-state index in [4.69, 9.17) is 0 Å². The van der Waals surface area contributed by atoms with E-state index in [1.807, 2.05) is 42.5 Å². The van der Waals surface area contributed by atoms with Gasteiger partial charge in [0.25, 0.3) is 0 Å². The number of carbonyl (C=O) groups is 1. The first-order valence-corrected chi connectivity index (χ1v) is 6.90. The number of hydrogen-bond donors (Lipinski definition) is 1. The Kier molecular flexibility index (Phi) is 3.25. The molecule has 3 nitrogen and oxygen atoms in total. The summed E-state index contributed by atoms with van der Waals surface area (Å²) in [5, 5.41) is 2.90. The van der Waals surface area contributed by atoms with Crippen LogP contribution in [0.1, 0.15) is 5.56 Å². The van der Waals surface area contributed by atoms with Crippen LogP contribution in [0.4, 0.5) is 11.4 Å². The van der Waals surface area contributed by atoms with Gasteiger partial charge in [-0.3, -0.25) is 4.79 Å². The number of hydrogen-bond acceptors (Lipinski definition) is 2. The van der Waals surface area contributed by atoms with Crippen molar-refractivity contribution >= 4 is 33.2 Å². The third kappa shape index (κ3) is 2.49. The number of halogens is 1. The smallest absolute Gasteiger partial charge is 0.243 e. The van der Waals surface area contributed by atoms with Crippen molar-refractivity contribution in [3.63, 3.8) is 0 Å². The highest BCUT2D eigenvalue weighted by atomic mass is 79.9. The number of fused-ring (bicyclic) bond motifs is 1. The number of nitrogens with zero attached hydrogens (tertiary/aromatic N) is 1. The Bertz CT molecular complexity index is 627. The van der Waals surface area contributed by atoms with Gasteiger partial charge >= 0.3 is 0 Å². The molecule has 0 saturated heterocycles. The van der Waals surface area contributed by atoms with Crippen LogP contribution in [-0.4, -0.2) is 12.5 Å². The zero-order valence-corrected chi connectivity index (χ0v) is 11.9. The van der Waals surface area contributed by atoms with Gasteiger partial charge in [-0.05, 0) is 23.8 Å². The molecule has 3 rings (SSSR count). The van der Waals surface area contributed by atoms with E-state index in [9.17, 15) is 4.79 Å². The Morgan fingerprint density at radius 3 is 2.68 bits per heavy atom. The van der Waals surface area contributed by atoms with E-state index in [0.29, 0.717) is 13.1 Å². The minimum atomic E-state index is 0.0331. The summed E-state index contributed by atoms with van der Waals surface area (Å²) in [4.78, 5) is 13.8. The van der Waals surface area contributed by atoms with Crippen molar-refractivity contribution in [2.75, 3.05) is 16.8 Å². The van der Waals surface area contributed by atoms with Gasteiger partial charge in [0.05, 0.1) is 17.9 Å². The first kappa shape index (κ1) is 12.2. The second kappa shape index (κ2) is 5.05. The predicted molar refractivity (Wildman–Crippen MR) is 80.3 cm³/mol. The maximum Gasteiger partial charge on any atom is 0.243 e. The number of amides is 1. The number of carbonyl (C=O) groups excluding carboxylic acids is 1. The lowest BCUT2D eigenvalue weighted by Crippen LogP contribution is -2.37. The second-order valence-electron chi connectivity index (χ2n) is 4.51. The van der Waals surface area contributed by atoms with Gasteiger partial charge in [-0.1, -0.05) is 46.3 Å². The molecule has 0 saturated carbocycles. The molecule has 2 aromatic carbocycles. The lowest BCUT2D eigenvalue weighted by molar-refractivity contribution is -0.115. The van der Waals surface area contributed by atoms with E-state index >= 15 is 0 Å². The van der Waals surface area contributed by atoms with Crippen LogP contribution in [0.5, 0.6) is 0 Å². The normalized spacial score (nSPS) is 13.9. The molecule has 0 unspecified atom stereocenters. The fourth-order valence-electron chi connectivity index (χ4n) is 2.28.